The van der Waals surface area contributed by atoms with Crippen LogP contribution in [0.2, 0.25) is 0 Å². The van der Waals surface area contributed by atoms with Gasteiger partial charge in [-0.3, -0.25) is 4.68 Å². The van der Waals surface area contributed by atoms with Crippen LogP contribution in [0, 0.1) is 0 Å². The summed E-state index contributed by atoms with van der Waals surface area (Å²) in [6.07, 6.45) is 4.82. The number of anilines is 1. The van der Waals surface area contributed by atoms with Gasteiger partial charge in [0.15, 0.2) is 5.65 Å². The van der Waals surface area contributed by atoms with Crippen LogP contribution in [0.25, 0.3) is 11.2 Å². The van der Waals surface area contributed by atoms with Crippen LogP contribution >= 0.6 is 11.8 Å². The van der Waals surface area contributed by atoms with Crippen LogP contribution in [0.5, 0.6) is 0 Å². The van der Waals surface area contributed by atoms with Crippen molar-refractivity contribution in [3.8, 4) is 0 Å². The molecule has 0 bridgehead atoms. The predicted octanol–water partition coefficient (Wildman–Crippen LogP) is 0.820. The zero-order chi connectivity index (χ0) is 11.8. The number of nitrogens with two attached hydrogens (primary N) is 1. The number of rotatable bonds is 2. The lowest BCUT2D eigenvalue weighted by atomic mass is 10.6. The van der Waals surface area contributed by atoms with Gasteiger partial charge in [-0.15, -0.1) is 0 Å². The Morgan fingerprint density at radius 3 is 2.94 bits per heavy atom. The van der Waals surface area contributed by atoms with E-state index in [0.717, 1.165) is 15.6 Å². The Hall–Kier alpha value is -2.09. The summed E-state index contributed by atoms with van der Waals surface area (Å²) in [5.74, 6) is 0. The number of hydrogen-bond donors (Lipinski definition) is 2. The fourth-order valence-electron chi connectivity index (χ4n) is 1.48. The number of aromatic amines is 1. The van der Waals surface area contributed by atoms with Crippen LogP contribution in [-0.4, -0.2) is 29.7 Å². The smallest absolute Gasteiger partial charge is 0.181 e. The van der Waals surface area contributed by atoms with Gasteiger partial charge in [0.05, 0.1) is 12.0 Å². The minimum absolute atomic E-state index is 0.628. The summed E-state index contributed by atoms with van der Waals surface area (Å²) >= 11 is 1.39. The third kappa shape index (κ3) is 1.72. The number of hydrogen-bond acceptors (Lipinski definition) is 6. The molecule has 3 heterocycles. The number of fused-ring (bicyclic) bond motifs is 1. The quantitative estimate of drug-likeness (QED) is 0.650. The van der Waals surface area contributed by atoms with Gasteiger partial charge < -0.3 is 10.7 Å². The molecule has 0 amide bonds. The molecule has 0 aliphatic rings. The molecule has 17 heavy (non-hydrogen) atoms. The molecule has 86 valence electrons. The SMILES string of the molecule is Cn1cc(N)c(Sc2ncnc3nc[nH]c23)n1. The molecule has 0 radical (unpaired) electrons. The lowest BCUT2D eigenvalue weighted by molar-refractivity contribution is 0.738. The van der Waals surface area contributed by atoms with Crippen molar-refractivity contribution in [3.63, 3.8) is 0 Å². The normalized spacial score (nSPS) is 11.1. The number of nitrogen functional groups attached to an aromatic ring is 1. The van der Waals surface area contributed by atoms with E-state index in [1.54, 1.807) is 17.2 Å². The summed E-state index contributed by atoms with van der Waals surface area (Å²) in [6.45, 7) is 0. The number of nitrogens with one attached hydrogen (secondary N) is 1. The number of aryl methyl sites for hydroxylation is 1. The minimum atomic E-state index is 0.628. The number of nitrogens with zero attached hydrogens (tertiary/aromatic N) is 5. The molecule has 0 aliphatic heterocycles. The predicted molar refractivity (Wildman–Crippen MR) is 63.4 cm³/mol. The molecule has 3 N–H and O–H groups in total. The third-order valence-corrected chi connectivity index (χ3v) is 3.22. The highest BCUT2D eigenvalue weighted by molar-refractivity contribution is 7.99. The highest BCUT2D eigenvalue weighted by atomic mass is 32.2. The van der Waals surface area contributed by atoms with Gasteiger partial charge in [0.1, 0.15) is 21.9 Å². The summed E-state index contributed by atoms with van der Waals surface area (Å²) in [6, 6.07) is 0. The van der Waals surface area contributed by atoms with E-state index in [9.17, 15) is 0 Å². The highest BCUT2D eigenvalue weighted by Crippen LogP contribution is 2.31. The van der Waals surface area contributed by atoms with E-state index in [1.807, 2.05) is 7.05 Å². The van der Waals surface area contributed by atoms with Gasteiger partial charge in [-0.25, -0.2) is 15.0 Å². The second kappa shape index (κ2) is 3.74. The second-order valence-electron chi connectivity index (χ2n) is 3.45. The van der Waals surface area contributed by atoms with Crippen LogP contribution in [0.1, 0.15) is 0 Å². The minimum Gasteiger partial charge on any atom is -0.395 e. The first-order valence-electron chi connectivity index (χ1n) is 4.85. The molecule has 0 saturated heterocycles. The van der Waals surface area contributed by atoms with E-state index in [0.29, 0.717) is 11.3 Å². The molecule has 0 unspecified atom stereocenters. The van der Waals surface area contributed by atoms with Gasteiger partial charge in [-0.05, 0) is 11.8 Å². The second-order valence-corrected chi connectivity index (χ2v) is 4.42. The van der Waals surface area contributed by atoms with E-state index in [2.05, 4.69) is 25.0 Å². The highest BCUT2D eigenvalue weighted by Gasteiger charge is 2.11. The Labute approximate surface area is 100 Å². The van der Waals surface area contributed by atoms with E-state index in [1.165, 1.54) is 18.1 Å². The van der Waals surface area contributed by atoms with Crippen molar-refractivity contribution in [2.75, 3.05) is 5.73 Å². The molecule has 0 saturated carbocycles. The van der Waals surface area contributed by atoms with Gasteiger partial charge in [-0.2, -0.15) is 5.10 Å². The van der Waals surface area contributed by atoms with Gasteiger partial charge in [0.25, 0.3) is 0 Å². The zero-order valence-corrected chi connectivity index (χ0v) is 9.77. The fraction of sp³-hybridized carbons (Fsp3) is 0.111. The summed E-state index contributed by atoms with van der Waals surface area (Å²) in [5.41, 5.74) is 7.89. The molecule has 0 aliphatic carbocycles. The molecule has 0 aromatic carbocycles. The average Bonchev–Trinajstić information content (AvgIpc) is 2.87. The lowest BCUT2D eigenvalue weighted by Crippen LogP contribution is -1.89. The Balaban J connectivity index is 2.05. The standard InChI is InChI=1S/C9H9N7S/c1-16-2-5(10)8(15-16)17-9-6-7(12-3-11-6)13-4-14-9/h2-4H,10H2,1H3,(H,11,12,13,14). The van der Waals surface area contributed by atoms with Crippen LogP contribution in [-0.2, 0) is 7.05 Å². The largest absolute Gasteiger partial charge is 0.395 e. The molecule has 7 nitrogen and oxygen atoms in total. The topological polar surface area (TPSA) is 98.3 Å². The van der Waals surface area contributed by atoms with Crippen LogP contribution in [0.4, 0.5) is 5.69 Å². The van der Waals surface area contributed by atoms with Crippen LogP contribution in [0.3, 0.4) is 0 Å². The van der Waals surface area contributed by atoms with Crippen molar-refractivity contribution in [2.24, 2.45) is 7.05 Å². The van der Waals surface area contributed by atoms with Crippen molar-refractivity contribution in [2.45, 2.75) is 10.1 Å². The first-order valence-corrected chi connectivity index (χ1v) is 5.67. The van der Waals surface area contributed by atoms with E-state index < -0.39 is 0 Å². The molecule has 0 spiro atoms. The Morgan fingerprint density at radius 1 is 1.29 bits per heavy atom. The first-order chi connectivity index (χ1) is 8.24. The van der Waals surface area contributed by atoms with Gasteiger partial charge in [-0.1, -0.05) is 0 Å². The van der Waals surface area contributed by atoms with Crippen molar-refractivity contribution in [1.82, 2.24) is 29.7 Å². The molecule has 0 atom stereocenters. The number of aromatic nitrogens is 6. The Kier molecular flexibility index (Phi) is 2.22. The zero-order valence-electron chi connectivity index (χ0n) is 8.95. The van der Waals surface area contributed by atoms with E-state index in [-0.39, 0.29) is 0 Å². The van der Waals surface area contributed by atoms with E-state index in [4.69, 9.17) is 5.73 Å². The maximum Gasteiger partial charge on any atom is 0.181 e. The molecule has 3 rings (SSSR count). The van der Waals surface area contributed by atoms with Gasteiger partial charge in [0.2, 0.25) is 0 Å². The van der Waals surface area contributed by atoms with Crippen LogP contribution < -0.4 is 5.73 Å². The van der Waals surface area contributed by atoms with Crippen LogP contribution in [0.15, 0.2) is 28.9 Å². The molecule has 0 fully saturated rings. The fourth-order valence-corrected chi connectivity index (χ4v) is 2.35. The maximum atomic E-state index is 5.84. The monoisotopic (exact) mass is 247 g/mol. The molecule has 3 aromatic heterocycles. The Bertz CT molecular complexity index is 671. The van der Waals surface area contributed by atoms with Crippen molar-refractivity contribution in [1.29, 1.82) is 0 Å². The number of H-pyrrole nitrogens is 1. The van der Waals surface area contributed by atoms with Crippen molar-refractivity contribution < 1.29 is 0 Å². The third-order valence-electron chi connectivity index (χ3n) is 2.20. The van der Waals surface area contributed by atoms with Gasteiger partial charge >= 0.3 is 0 Å². The summed E-state index contributed by atoms with van der Waals surface area (Å²) in [5, 5.41) is 5.74. The van der Waals surface area contributed by atoms with Gasteiger partial charge in [0, 0.05) is 13.2 Å². The summed E-state index contributed by atoms with van der Waals surface area (Å²) in [7, 11) is 1.83. The maximum absolute atomic E-state index is 5.84. The van der Waals surface area contributed by atoms with Crippen molar-refractivity contribution >= 4 is 28.6 Å². The molecular formula is C9H9N7S. The molecule has 8 heteroatoms. The summed E-state index contributed by atoms with van der Waals surface area (Å²) in [4.78, 5) is 15.3. The Morgan fingerprint density at radius 2 is 2.18 bits per heavy atom. The summed E-state index contributed by atoms with van der Waals surface area (Å²) < 4.78 is 1.67. The average molecular weight is 247 g/mol. The van der Waals surface area contributed by atoms with E-state index >= 15 is 0 Å². The lowest BCUT2D eigenvalue weighted by Gasteiger charge is -1.98. The molecular weight excluding hydrogens is 238 g/mol. The number of imidazole rings is 1. The molecule has 3 aromatic rings. The first kappa shape index (κ1) is 10.1. The van der Waals surface area contributed by atoms with Crippen molar-refractivity contribution in [3.05, 3.63) is 18.9 Å².